The Kier molecular flexibility index (Phi) is 4.77. The third-order valence-electron chi connectivity index (χ3n) is 2.76. The number of benzene rings is 1. The standard InChI is InChI=1S/C13H13BrCl2N2S/c1-6(13-7(2)19-8(3)18-13)17-10-5-4-9(14)11(15)12(10)16/h4-6,17H,1-3H3. The third kappa shape index (κ3) is 3.24. The predicted octanol–water partition coefficient (Wildman–Crippen LogP) is 6.00. The molecule has 0 saturated carbocycles. The highest BCUT2D eigenvalue weighted by Crippen LogP contribution is 2.37. The van der Waals surface area contributed by atoms with Crippen LogP contribution < -0.4 is 5.32 Å². The van der Waals surface area contributed by atoms with Crippen LogP contribution in [0.3, 0.4) is 0 Å². The topological polar surface area (TPSA) is 24.9 Å². The number of nitrogens with one attached hydrogen (secondary N) is 1. The molecule has 1 aromatic heterocycles. The van der Waals surface area contributed by atoms with Gasteiger partial charge in [-0.2, -0.15) is 0 Å². The molecule has 19 heavy (non-hydrogen) atoms. The second kappa shape index (κ2) is 6.00. The van der Waals surface area contributed by atoms with E-state index in [2.05, 4.69) is 40.1 Å². The summed E-state index contributed by atoms with van der Waals surface area (Å²) in [7, 11) is 0. The van der Waals surface area contributed by atoms with Crippen LogP contribution in [0.5, 0.6) is 0 Å². The van der Waals surface area contributed by atoms with E-state index in [1.54, 1.807) is 11.3 Å². The van der Waals surface area contributed by atoms with Gasteiger partial charge in [0.15, 0.2) is 0 Å². The van der Waals surface area contributed by atoms with Gasteiger partial charge in [0.1, 0.15) is 0 Å². The van der Waals surface area contributed by atoms with Gasteiger partial charge in [0.25, 0.3) is 0 Å². The van der Waals surface area contributed by atoms with Gasteiger partial charge in [-0.3, -0.25) is 0 Å². The van der Waals surface area contributed by atoms with Crippen molar-refractivity contribution in [1.29, 1.82) is 0 Å². The number of thiazole rings is 1. The number of nitrogens with zero attached hydrogens (tertiary/aromatic N) is 1. The number of aryl methyl sites for hydroxylation is 2. The lowest BCUT2D eigenvalue weighted by atomic mass is 10.2. The van der Waals surface area contributed by atoms with Crippen LogP contribution in [0.4, 0.5) is 5.69 Å². The van der Waals surface area contributed by atoms with Crippen molar-refractivity contribution >= 4 is 56.2 Å². The van der Waals surface area contributed by atoms with E-state index in [1.807, 2.05) is 19.1 Å². The molecule has 1 unspecified atom stereocenters. The average molecular weight is 380 g/mol. The van der Waals surface area contributed by atoms with Gasteiger partial charge in [-0.05, 0) is 48.8 Å². The molecule has 0 amide bonds. The molecule has 0 spiro atoms. The minimum Gasteiger partial charge on any atom is -0.376 e. The predicted molar refractivity (Wildman–Crippen MR) is 87.8 cm³/mol. The molecule has 2 nitrogen and oxygen atoms in total. The van der Waals surface area contributed by atoms with Crippen molar-refractivity contribution in [2.24, 2.45) is 0 Å². The molecule has 0 fully saturated rings. The molecule has 102 valence electrons. The SMILES string of the molecule is Cc1nc(C(C)Nc2ccc(Br)c(Cl)c2Cl)c(C)s1. The summed E-state index contributed by atoms with van der Waals surface area (Å²) in [6.07, 6.45) is 0. The number of hydrogen-bond donors (Lipinski definition) is 1. The maximum atomic E-state index is 6.23. The Hall–Kier alpha value is -0.290. The minimum atomic E-state index is 0.0830. The number of hydrogen-bond acceptors (Lipinski definition) is 3. The summed E-state index contributed by atoms with van der Waals surface area (Å²) in [6, 6.07) is 3.87. The van der Waals surface area contributed by atoms with Crippen LogP contribution in [-0.2, 0) is 0 Å². The number of halogens is 3. The first-order valence-corrected chi connectivity index (χ1v) is 8.10. The van der Waals surface area contributed by atoms with Crippen LogP contribution in [0.1, 0.15) is 28.5 Å². The van der Waals surface area contributed by atoms with Gasteiger partial charge in [0.2, 0.25) is 0 Å². The molecule has 1 N–H and O–H groups in total. The number of aromatic nitrogens is 1. The van der Waals surface area contributed by atoms with Gasteiger partial charge in [-0.25, -0.2) is 4.98 Å². The molecule has 1 atom stereocenters. The van der Waals surface area contributed by atoms with Gasteiger partial charge >= 0.3 is 0 Å². The zero-order valence-electron chi connectivity index (χ0n) is 10.7. The average Bonchev–Trinajstić information content (AvgIpc) is 2.69. The molecule has 0 aliphatic heterocycles. The smallest absolute Gasteiger partial charge is 0.0901 e. The normalized spacial score (nSPS) is 12.5. The van der Waals surface area contributed by atoms with Crippen molar-refractivity contribution in [2.45, 2.75) is 26.8 Å². The second-order valence-electron chi connectivity index (χ2n) is 4.26. The summed E-state index contributed by atoms with van der Waals surface area (Å²) < 4.78 is 0.790. The van der Waals surface area contributed by atoms with Gasteiger partial charge < -0.3 is 5.32 Å². The van der Waals surface area contributed by atoms with Gasteiger partial charge in [0.05, 0.1) is 32.5 Å². The van der Waals surface area contributed by atoms with E-state index < -0.39 is 0 Å². The molecule has 0 aliphatic carbocycles. The first-order valence-electron chi connectivity index (χ1n) is 5.74. The van der Waals surface area contributed by atoms with Crippen LogP contribution in [-0.4, -0.2) is 4.98 Å². The Morgan fingerprint density at radius 1 is 1.26 bits per heavy atom. The molecule has 0 saturated heterocycles. The molecule has 0 aliphatic rings. The zero-order valence-corrected chi connectivity index (χ0v) is 14.6. The van der Waals surface area contributed by atoms with Crippen LogP contribution in [0.15, 0.2) is 16.6 Å². The van der Waals surface area contributed by atoms with E-state index in [0.717, 1.165) is 20.9 Å². The first-order chi connectivity index (χ1) is 8.90. The lowest BCUT2D eigenvalue weighted by Gasteiger charge is -2.16. The largest absolute Gasteiger partial charge is 0.376 e. The van der Waals surface area contributed by atoms with E-state index >= 15 is 0 Å². The van der Waals surface area contributed by atoms with Crippen LogP contribution in [0.2, 0.25) is 10.0 Å². The highest BCUT2D eigenvalue weighted by atomic mass is 79.9. The number of anilines is 1. The summed E-state index contributed by atoms with van der Waals surface area (Å²) >= 11 is 17.4. The van der Waals surface area contributed by atoms with Crippen LogP contribution in [0, 0.1) is 13.8 Å². The molecule has 2 aromatic rings. The summed E-state index contributed by atoms with van der Waals surface area (Å²) in [5.41, 5.74) is 1.87. The summed E-state index contributed by atoms with van der Waals surface area (Å²) in [4.78, 5) is 5.77. The maximum Gasteiger partial charge on any atom is 0.0901 e. The molecule has 1 aromatic carbocycles. The maximum absolute atomic E-state index is 6.23. The first kappa shape index (κ1) is 15.1. The Bertz CT molecular complexity index is 613. The molecule has 2 rings (SSSR count). The zero-order chi connectivity index (χ0) is 14.2. The van der Waals surface area contributed by atoms with E-state index in [-0.39, 0.29) is 6.04 Å². The highest BCUT2D eigenvalue weighted by molar-refractivity contribution is 9.10. The Morgan fingerprint density at radius 2 is 1.95 bits per heavy atom. The minimum absolute atomic E-state index is 0.0830. The van der Waals surface area contributed by atoms with Crippen molar-refractivity contribution < 1.29 is 0 Å². The van der Waals surface area contributed by atoms with Crippen LogP contribution >= 0.6 is 50.5 Å². The Balaban J connectivity index is 2.27. The molecule has 0 bridgehead atoms. The van der Waals surface area contributed by atoms with E-state index in [1.165, 1.54) is 4.88 Å². The van der Waals surface area contributed by atoms with Crippen molar-refractivity contribution in [2.75, 3.05) is 5.32 Å². The van der Waals surface area contributed by atoms with Gasteiger partial charge in [-0.1, -0.05) is 23.2 Å². The fourth-order valence-electron chi connectivity index (χ4n) is 1.89. The van der Waals surface area contributed by atoms with Crippen molar-refractivity contribution in [3.05, 3.63) is 42.2 Å². The van der Waals surface area contributed by atoms with Crippen LogP contribution in [0.25, 0.3) is 0 Å². The monoisotopic (exact) mass is 378 g/mol. The fraction of sp³-hybridized carbons (Fsp3) is 0.308. The molecular weight excluding hydrogens is 367 g/mol. The Morgan fingerprint density at radius 3 is 2.53 bits per heavy atom. The third-order valence-corrected chi connectivity index (χ3v) is 5.43. The fourth-order valence-corrected chi connectivity index (χ4v) is 3.63. The van der Waals surface area contributed by atoms with Gasteiger partial charge in [-0.15, -0.1) is 11.3 Å². The summed E-state index contributed by atoms with van der Waals surface area (Å²) in [5, 5.41) is 5.47. The van der Waals surface area contributed by atoms with Gasteiger partial charge in [0, 0.05) is 9.35 Å². The second-order valence-corrected chi connectivity index (χ2v) is 7.28. The Labute approximate surface area is 135 Å². The molecule has 1 heterocycles. The summed E-state index contributed by atoms with van der Waals surface area (Å²) in [5.74, 6) is 0. The van der Waals surface area contributed by atoms with E-state index in [4.69, 9.17) is 23.2 Å². The quantitative estimate of drug-likeness (QED) is 0.661. The molecule has 0 radical (unpaired) electrons. The molecular formula is C13H13BrCl2N2S. The van der Waals surface area contributed by atoms with E-state index in [0.29, 0.717) is 10.0 Å². The lowest BCUT2D eigenvalue weighted by Crippen LogP contribution is -2.08. The van der Waals surface area contributed by atoms with Crippen molar-refractivity contribution in [3.63, 3.8) is 0 Å². The van der Waals surface area contributed by atoms with E-state index in [9.17, 15) is 0 Å². The van der Waals surface area contributed by atoms with Crippen molar-refractivity contribution in [3.8, 4) is 0 Å². The highest BCUT2D eigenvalue weighted by Gasteiger charge is 2.15. The number of rotatable bonds is 3. The lowest BCUT2D eigenvalue weighted by molar-refractivity contribution is 0.837. The van der Waals surface area contributed by atoms with Crippen molar-refractivity contribution in [1.82, 2.24) is 4.98 Å². The molecule has 6 heteroatoms. The summed E-state index contributed by atoms with van der Waals surface area (Å²) in [6.45, 7) is 6.15.